The van der Waals surface area contributed by atoms with E-state index in [1.54, 1.807) is 4.90 Å². The first-order valence-electron chi connectivity index (χ1n) is 10.6. The standard InChI is InChI=1S/C22H31N3O3/c1-21(2,3)19(26)24-14-8-10-17(24)16-9-7-11-18(23-16)25-15-22(28-20(25)27)12-5-4-6-13-22/h7,9,11,17H,4-6,8,10,12-15H2,1-3H3/t17-/m1/s1. The smallest absolute Gasteiger partial charge is 0.416 e. The summed E-state index contributed by atoms with van der Waals surface area (Å²) >= 11 is 0. The van der Waals surface area contributed by atoms with Gasteiger partial charge >= 0.3 is 6.09 Å². The van der Waals surface area contributed by atoms with E-state index in [0.717, 1.165) is 50.8 Å². The molecule has 1 saturated carbocycles. The summed E-state index contributed by atoms with van der Waals surface area (Å²) in [6, 6.07) is 5.76. The van der Waals surface area contributed by atoms with Crippen LogP contribution in [0, 0.1) is 5.41 Å². The van der Waals surface area contributed by atoms with E-state index < -0.39 is 5.41 Å². The Morgan fingerprint density at radius 3 is 2.64 bits per heavy atom. The molecule has 152 valence electrons. The summed E-state index contributed by atoms with van der Waals surface area (Å²) in [6.07, 6.45) is 6.91. The van der Waals surface area contributed by atoms with E-state index in [2.05, 4.69) is 0 Å². The van der Waals surface area contributed by atoms with E-state index in [1.807, 2.05) is 43.9 Å². The molecule has 1 aromatic heterocycles. The fraction of sp³-hybridized carbons (Fsp3) is 0.682. The third-order valence-corrected chi connectivity index (χ3v) is 6.26. The molecule has 6 nitrogen and oxygen atoms in total. The topological polar surface area (TPSA) is 62.7 Å². The van der Waals surface area contributed by atoms with Crippen molar-refractivity contribution < 1.29 is 14.3 Å². The first kappa shape index (κ1) is 19.2. The lowest BCUT2D eigenvalue weighted by molar-refractivity contribution is -0.140. The number of nitrogens with zero attached hydrogens (tertiary/aromatic N) is 3. The minimum absolute atomic E-state index is 0.0195. The van der Waals surface area contributed by atoms with Crippen LogP contribution in [0.15, 0.2) is 18.2 Å². The molecule has 1 aliphatic carbocycles. The molecule has 3 fully saturated rings. The summed E-state index contributed by atoms with van der Waals surface area (Å²) in [7, 11) is 0. The summed E-state index contributed by atoms with van der Waals surface area (Å²) in [4.78, 5) is 33.9. The van der Waals surface area contributed by atoms with Gasteiger partial charge in [0.2, 0.25) is 5.91 Å². The molecule has 0 bridgehead atoms. The molecule has 1 aromatic rings. The maximum atomic E-state index is 12.9. The molecule has 6 heteroatoms. The lowest BCUT2D eigenvalue weighted by Gasteiger charge is -2.31. The average Bonchev–Trinajstić information content (AvgIpc) is 3.26. The van der Waals surface area contributed by atoms with Crippen molar-refractivity contribution in [3.05, 3.63) is 23.9 Å². The lowest BCUT2D eigenvalue weighted by Crippen LogP contribution is -2.39. The van der Waals surface area contributed by atoms with Gasteiger partial charge in [0.05, 0.1) is 18.3 Å². The summed E-state index contributed by atoms with van der Waals surface area (Å²) in [6.45, 7) is 7.22. The summed E-state index contributed by atoms with van der Waals surface area (Å²) in [5.41, 5.74) is 0.117. The summed E-state index contributed by atoms with van der Waals surface area (Å²) < 4.78 is 5.81. The number of anilines is 1. The summed E-state index contributed by atoms with van der Waals surface area (Å²) in [5.74, 6) is 0.795. The quantitative estimate of drug-likeness (QED) is 0.754. The Morgan fingerprint density at radius 1 is 1.18 bits per heavy atom. The zero-order valence-corrected chi connectivity index (χ0v) is 17.2. The van der Waals surface area contributed by atoms with Gasteiger partial charge in [-0.1, -0.05) is 33.3 Å². The zero-order valence-electron chi connectivity index (χ0n) is 17.2. The van der Waals surface area contributed by atoms with Gasteiger partial charge in [0.25, 0.3) is 0 Å². The van der Waals surface area contributed by atoms with Gasteiger partial charge < -0.3 is 9.64 Å². The Bertz CT molecular complexity index is 765. The van der Waals surface area contributed by atoms with Crippen LogP contribution >= 0.6 is 0 Å². The van der Waals surface area contributed by atoms with E-state index >= 15 is 0 Å². The number of ether oxygens (including phenoxy) is 1. The van der Waals surface area contributed by atoms with Crippen LogP contribution in [0.3, 0.4) is 0 Å². The van der Waals surface area contributed by atoms with Gasteiger partial charge in [-0.15, -0.1) is 0 Å². The molecular weight excluding hydrogens is 354 g/mol. The first-order valence-corrected chi connectivity index (χ1v) is 10.6. The van der Waals surface area contributed by atoms with Crippen LogP contribution in [0.5, 0.6) is 0 Å². The molecule has 28 heavy (non-hydrogen) atoms. The van der Waals surface area contributed by atoms with Gasteiger partial charge in [-0.3, -0.25) is 9.69 Å². The number of hydrogen-bond acceptors (Lipinski definition) is 4. The molecule has 3 heterocycles. The van der Waals surface area contributed by atoms with Gasteiger partial charge in [0.15, 0.2) is 0 Å². The molecule has 4 rings (SSSR count). The average molecular weight is 386 g/mol. The Balaban J connectivity index is 1.56. The van der Waals surface area contributed by atoms with Crippen molar-refractivity contribution in [2.45, 2.75) is 77.4 Å². The minimum Gasteiger partial charge on any atom is -0.441 e. The molecular formula is C22H31N3O3. The van der Waals surface area contributed by atoms with E-state index in [-0.39, 0.29) is 23.6 Å². The highest BCUT2D eigenvalue weighted by Crippen LogP contribution is 2.39. The van der Waals surface area contributed by atoms with Crippen molar-refractivity contribution >= 4 is 17.8 Å². The minimum atomic E-state index is -0.410. The largest absolute Gasteiger partial charge is 0.441 e. The highest BCUT2D eigenvalue weighted by Gasteiger charge is 2.46. The van der Waals surface area contributed by atoms with Crippen LogP contribution in [-0.4, -0.2) is 40.6 Å². The van der Waals surface area contributed by atoms with Crippen molar-refractivity contribution in [2.75, 3.05) is 18.0 Å². The van der Waals surface area contributed by atoms with Crippen molar-refractivity contribution in [2.24, 2.45) is 5.41 Å². The molecule has 1 atom stereocenters. The third-order valence-electron chi connectivity index (χ3n) is 6.26. The molecule has 2 saturated heterocycles. The van der Waals surface area contributed by atoms with Crippen molar-refractivity contribution in [1.82, 2.24) is 9.88 Å². The van der Waals surface area contributed by atoms with Gasteiger partial charge in [-0.2, -0.15) is 0 Å². The fourth-order valence-electron chi connectivity index (χ4n) is 4.78. The highest BCUT2D eigenvalue weighted by atomic mass is 16.6. The van der Waals surface area contributed by atoms with Crippen LogP contribution in [-0.2, 0) is 9.53 Å². The fourth-order valence-corrected chi connectivity index (χ4v) is 4.78. The van der Waals surface area contributed by atoms with Gasteiger partial charge in [0.1, 0.15) is 11.4 Å². The number of hydrogen-bond donors (Lipinski definition) is 0. The number of carbonyl (C=O) groups is 2. The lowest BCUT2D eigenvalue weighted by atomic mass is 9.85. The second-order valence-electron chi connectivity index (χ2n) is 9.53. The maximum Gasteiger partial charge on any atom is 0.416 e. The SMILES string of the molecule is CC(C)(C)C(=O)N1CCC[C@@H]1c1cccc(N2CC3(CCCCC3)OC2=O)n1. The van der Waals surface area contributed by atoms with Crippen LogP contribution in [0.25, 0.3) is 0 Å². The molecule has 1 spiro atoms. The van der Waals surface area contributed by atoms with E-state index in [4.69, 9.17) is 9.72 Å². The number of amides is 2. The normalized spacial score (nSPS) is 24.7. The monoisotopic (exact) mass is 385 g/mol. The molecule has 0 unspecified atom stereocenters. The predicted octanol–water partition coefficient (Wildman–Crippen LogP) is 4.45. The van der Waals surface area contributed by atoms with E-state index in [0.29, 0.717) is 12.4 Å². The molecule has 3 aliphatic rings. The molecule has 0 N–H and O–H groups in total. The van der Waals surface area contributed by atoms with Crippen molar-refractivity contribution in [3.8, 4) is 0 Å². The third kappa shape index (κ3) is 3.49. The number of rotatable bonds is 2. The van der Waals surface area contributed by atoms with Crippen LogP contribution in [0.2, 0.25) is 0 Å². The first-order chi connectivity index (χ1) is 13.3. The van der Waals surface area contributed by atoms with Gasteiger partial charge in [-0.05, 0) is 50.7 Å². The Hall–Kier alpha value is -2.11. The van der Waals surface area contributed by atoms with Gasteiger partial charge in [0, 0.05) is 12.0 Å². The van der Waals surface area contributed by atoms with Gasteiger partial charge in [-0.25, -0.2) is 9.78 Å². The number of aromatic nitrogens is 1. The second-order valence-corrected chi connectivity index (χ2v) is 9.53. The number of pyridine rings is 1. The van der Waals surface area contributed by atoms with Crippen LogP contribution < -0.4 is 4.90 Å². The number of carbonyl (C=O) groups excluding carboxylic acids is 2. The van der Waals surface area contributed by atoms with Crippen LogP contribution in [0.1, 0.15) is 77.5 Å². The molecule has 0 radical (unpaired) electrons. The zero-order chi connectivity index (χ0) is 19.9. The van der Waals surface area contributed by atoms with Crippen LogP contribution in [0.4, 0.5) is 10.6 Å². The van der Waals surface area contributed by atoms with E-state index in [1.165, 1.54) is 6.42 Å². The Kier molecular flexibility index (Phi) is 4.84. The summed E-state index contributed by atoms with van der Waals surface area (Å²) in [5, 5.41) is 0. The van der Waals surface area contributed by atoms with Crippen molar-refractivity contribution in [1.29, 1.82) is 0 Å². The highest BCUT2D eigenvalue weighted by molar-refractivity contribution is 5.89. The maximum absolute atomic E-state index is 12.9. The molecule has 0 aromatic carbocycles. The molecule has 2 aliphatic heterocycles. The Labute approximate surface area is 167 Å². The second kappa shape index (κ2) is 7.05. The van der Waals surface area contributed by atoms with E-state index in [9.17, 15) is 9.59 Å². The number of likely N-dealkylation sites (tertiary alicyclic amines) is 1. The predicted molar refractivity (Wildman–Crippen MR) is 107 cm³/mol. The Morgan fingerprint density at radius 2 is 1.93 bits per heavy atom. The molecule has 2 amide bonds. The van der Waals surface area contributed by atoms with Crippen molar-refractivity contribution in [3.63, 3.8) is 0 Å².